The van der Waals surface area contributed by atoms with E-state index in [1.165, 1.54) is 31.2 Å². The van der Waals surface area contributed by atoms with Gasteiger partial charge in [-0.1, -0.05) is 49.6 Å². The Morgan fingerprint density at radius 1 is 1.16 bits per heavy atom. The zero-order valence-electron chi connectivity index (χ0n) is 11.9. The van der Waals surface area contributed by atoms with E-state index in [1.807, 2.05) is 0 Å². The van der Waals surface area contributed by atoms with Crippen LogP contribution in [0.1, 0.15) is 37.7 Å². The average molecular weight is 256 g/mol. The maximum absolute atomic E-state index is 9.34. The summed E-state index contributed by atoms with van der Waals surface area (Å²) in [6, 6.07) is 13.6. The first-order valence-electron chi connectivity index (χ1n) is 7.45. The van der Waals surface area contributed by atoms with Gasteiger partial charge in [-0.05, 0) is 31.9 Å². The fourth-order valence-corrected chi connectivity index (χ4v) is 3.08. The lowest BCUT2D eigenvalue weighted by atomic mass is 9.95. The van der Waals surface area contributed by atoms with Gasteiger partial charge in [0.2, 0.25) is 0 Å². The lowest BCUT2D eigenvalue weighted by Crippen LogP contribution is -2.38. The zero-order valence-corrected chi connectivity index (χ0v) is 11.9. The van der Waals surface area contributed by atoms with Gasteiger partial charge in [-0.3, -0.25) is 0 Å². The maximum atomic E-state index is 9.34. The van der Waals surface area contributed by atoms with Crippen LogP contribution in [0.15, 0.2) is 30.3 Å². The van der Waals surface area contributed by atoms with Crippen LogP contribution in [0.3, 0.4) is 0 Å². The van der Waals surface area contributed by atoms with Crippen molar-refractivity contribution in [1.82, 2.24) is 4.90 Å². The minimum absolute atomic E-state index is 0.225. The second-order valence-electron chi connectivity index (χ2n) is 5.66. The smallest absolute Gasteiger partial charge is 0.0672 e. The number of hydrogen-bond acceptors (Lipinski definition) is 2. The summed E-state index contributed by atoms with van der Waals surface area (Å²) >= 11 is 0. The third kappa shape index (κ3) is 4.08. The molecule has 0 aromatic heterocycles. The maximum Gasteiger partial charge on any atom is 0.0672 e. The van der Waals surface area contributed by atoms with Gasteiger partial charge in [0.15, 0.2) is 0 Å². The van der Waals surface area contributed by atoms with Crippen LogP contribution < -0.4 is 0 Å². The van der Waals surface area contributed by atoms with Gasteiger partial charge < -0.3 is 4.90 Å². The van der Waals surface area contributed by atoms with Crippen molar-refractivity contribution in [2.45, 2.75) is 44.6 Å². The molecule has 0 aliphatic heterocycles. The third-order valence-electron chi connectivity index (χ3n) is 4.31. The van der Waals surface area contributed by atoms with Crippen molar-refractivity contribution in [3.63, 3.8) is 0 Å². The van der Waals surface area contributed by atoms with E-state index in [2.05, 4.69) is 48.3 Å². The molecule has 102 valence electrons. The molecule has 0 amide bonds. The predicted octanol–water partition coefficient (Wildman–Crippen LogP) is 3.63. The summed E-state index contributed by atoms with van der Waals surface area (Å²) in [7, 11) is 2.18. The molecule has 2 heteroatoms. The molecule has 1 aromatic carbocycles. The minimum atomic E-state index is 0.225. The van der Waals surface area contributed by atoms with Crippen LogP contribution in [-0.4, -0.2) is 24.5 Å². The Bertz CT molecular complexity index is 407. The number of hydrogen-bond donors (Lipinski definition) is 0. The van der Waals surface area contributed by atoms with E-state index in [0.717, 1.165) is 19.4 Å². The number of benzene rings is 1. The van der Waals surface area contributed by atoms with E-state index in [9.17, 15) is 5.26 Å². The Labute approximate surface area is 117 Å². The van der Waals surface area contributed by atoms with E-state index in [-0.39, 0.29) is 5.92 Å². The molecule has 1 saturated carbocycles. The van der Waals surface area contributed by atoms with E-state index in [4.69, 9.17) is 0 Å². The molecule has 0 N–H and O–H groups in total. The standard InChI is InChI=1S/C17H24N2/c1-19(13-12-15-8-4-2-5-9-15)17-11-7-3-6-10-16(17)14-18/h2,4-5,8-9,16-17H,3,6-7,10-13H2,1H3. The van der Waals surface area contributed by atoms with E-state index in [1.54, 1.807) is 0 Å². The van der Waals surface area contributed by atoms with Crippen LogP contribution in [0.5, 0.6) is 0 Å². The van der Waals surface area contributed by atoms with Gasteiger partial charge in [-0.15, -0.1) is 0 Å². The molecule has 0 spiro atoms. The van der Waals surface area contributed by atoms with E-state index in [0.29, 0.717) is 6.04 Å². The van der Waals surface area contributed by atoms with E-state index < -0.39 is 0 Å². The first kappa shape index (κ1) is 14.1. The van der Waals surface area contributed by atoms with Gasteiger partial charge >= 0.3 is 0 Å². The van der Waals surface area contributed by atoms with Crippen LogP contribution >= 0.6 is 0 Å². The fourth-order valence-electron chi connectivity index (χ4n) is 3.08. The number of nitriles is 1. The summed E-state index contributed by atoms with van der Waals surface area (Å²) in [4.78, 5) is 2.41. The van der Waals surface area contributed by atoms with Crippen LogP contribution in [0.2, 0.25) is 0 Å². The Morgan fingerprint density at radius 2 is 1.89 bits per heavy atom. The highest BCUT2D eigenvalue weighted by Gasteiger charge is 2.26. The highest BCUT2D eigenvalue weighted by atomic mass is 15.1. The highest BCUT2D eigenvalue weighted by Crippen LogP contribution is 2.26. The van der Waals surface area contributed by atoms with Crippen molar-refractivity contribution >= 4 is 0 Å². The lowest BCUT2D eigenvalue weighted by Gasteiger charge is -2.30. The third-order valence-corrected chi connectivity index (χ3v) is 4.31. The highest BCUT2D eigenvalue weighted by molar-refractivity contribution is 5.14. The lowest BCUT2D eigenvalue weighted by molar-refractivity contribution is 0.193. The molecule has 1 fully saturated rings. The summed E-state index contributed by atoms with van der Waals surface area (Å²) < 4.78 is 0. The molecule has 2 atom stereocenters. The quantitative estimate of drug-likeness (QED) is 0.769. The molecule has 2 rings (SSSR count). The molecule has 0 bridgehead atoms. The Hall–Kier alpha value is -1.33. The van der Waals surface area contributed by atoms with Crippen LogP contribution in [0, 0.1) is 17.2 Å². The Morgan fingerprint density at radius 3 is 2.63 bits per heavy atom. The molecule has 0 saturated heterocycles. The molecular weight excluding hydrogens is 232 g/mol. The zero-order chi connectivity index (χ0) is 13.5. The molecule has 1 aliphatic rings. The van der Waals surface area contributed by atoms with Crippen molar-refractivity contribution in [3.05, 3.63) is 35.9 Å². The SMILES string of the molecule is CN(CCc1ccccc1)C1CCCCCC1C#N. The minimum Gasteiger partial charge on any atom is -0.302 e. The van der Waals surface area contributed by atoms with Gasteiger partial charge in [-0.2, -0.15) is 5.26 Å². The molecule has 19 heavy (non-hydrogen) atoms. The number of rotatable bonds is 4. The summed E-state index contributed by atoms with van der Waals surface area (Å²) in [6.07, 6.45) is 7.13. The number of likely N-dealkylation sites (N-methyl/N-ethyl adjacent to an activating group) is 1. The van der Waals surface area contributed by atoms with Gasteiger partial charge in [0.05, 0.1) is 12.0 Å². The topological polar surface area (TPSA) is 27.0 Å². The summed E-state index contributed by atoms with van der Waals surface area (Å²) in [6.45, 7) is 1.05. The molecule has 2 nitrogen and oxygen atoms in total. The molecule has 2 unspecified atom stereocenters. The van der Waals surface area contributed by atoms with E-state index >= 15 is 0 Å². The van der Waals surface area contributed by atoms with Crippen LogP contribution in [0.25, 0.3) is 0 Å². The van der Waals surface area contributed by atoms with Crippen molar-refractivity contribution in [3.8, 4) is 6.07 Å². The van der Waals surface area contributed by atoms with Crippen molar-refractivity contribution in [1.29, 1.82) is 5.26 Å². The monoisotopic (exact) mass is 256 g/mol. The van der Waals surface area contributed by atoms with Crippen molar-refractivity contribution in [2.75, 3.05) is 13.6 Å². The van der Waals surface area contributed by atoms with Gasteiger partial charge in [0.1, 0.15) is 0 Å². The van der Waals surface area contributed by atoms with Gasteiger partial charge in [0.25, 0.3) is 0 Å². The predicted molar refractivity (Wildman–Crippen MR) is 78.8 cm³/mol. The largest absolute Gasteiger partial charge is 0.302 e. The average Bonchev–Trinajstić information content (AvgIpc) is 2.71. The van der Waals surface area contributed by atoms with Gasteiger partial charge in [0, 0.05) is 12.6 Å². The summed E-state index contributed by atoms with van der Waals surface area (Å²) in [5.74, 6) is 0.225. The van der Waals surface area contributed by atoms with Crippen molar-refractivity contribution < 1.29 is 0 Å². The molecule has 0 radical (unpaired) electrons. The molecular formula is C17H24N2. The normalized spacial score (nSPS) is 23.8. The first-order chi connectivity index (χ1) is 9.31. The molecule has 0 heterocycles. The summed E-state index contributed by atoms with van der Waals surface area (Å²) in [5.41, 5.74) is 1.39. The second kappa shape index (κ2) is 7.31. The Balaban J connectivity index is 1.90. The first-order valence-corrected chi connectivity index (χ1v) is 7.45. The van der Waals surface area contributed by atoms with Crippen LogP contribution in [-0.2, 0) is 6.42 Å². The molecule has 1 aromatic rings. The fraction of sp³-hybridized carbons (Fsp3) is 0.588. The van der Waals surface area contributed by atoms with Crippen molar-refractivity contribution in [2.24, 2.45) is 5.92 Å². The summed E-state index contributed by atoms with van der Waals surface area (Å²) in [5, 5.41) is 9.34. The van der Waals surface area contributed by atoms with Crippen LogP contribution in [0.4, 0.5) is 0 Å². The second-order valence-corrected chi connectivity index (χ2v) is 5.66. The molecule has 1 aliphatic carbocycles. The Kier molecular flexibility index (Phi) is 5.42. The number of nitrogens with zero attached hydrogens (tertiary/aromatic N) is 2. The van der Waals surface area contributed by atoms with Gasteiger partial charge in [-0.25, -0.2) is 0 Å².